The lowest BCUT2D eigenvalue weighted by atomic mass is 10.1. The Bertz CT molecular complexity index is 561. The van der Waals surface area contributed by atoms with Gasteiger partial charge in [-0.05, 0) is 30.5 Å². The van der Waals surface area contributed by atoms with E-state index in [4.69, 9.17) is 0 Å². The number of nitrogens with zero attached hydrogens (tertiary/aromatic N) is 1. The summed E-state index contributed by atoms with van der Waals surface area (Å²) in [6.07, 6.45) is -3.31. The zero-order valence-corrected chi connectivity index (χ0v) is 11.5. The minimum Gasteiger partial charge on any atom is -0.361 e. The van der Waals surface area contributed by atoms with Gasteiger partial charge in [-0.1, -0.05) is 25.2 Å². The molecule has 0 atom stereocenters. The number of rotatable bonds is 4. The number of thiazole rings is 1. The molecule has 6 heteroatoms. The number of aromatic nitrogens is 1. The first kappa shape index (κ1) is 14.1. The van der Waals surface area contributed by atoms with Crippen molar-refractivity contribution in [3.8, 4) is 0 Å². The third-order valence-corrected chi connectivity index (χ3v) is 3.71. The van der Waals surface area contributed by atoms with Crippen LogP contribution in [0.2, 0.25) is 0 Å². The molecule has 1 heterocycles. The van der Waals surface area contributed by atoms with E-state index in [1.165, 1.54) is 17.4 Å². The summed E-state index contributed by atoms with van der Waals surface area (Å²) in [7, 11) is 0. The normalized spacial score (nSPS) is 12.3. The second-order valence-electron chi connectivity index (χ2n) is 4.81. The maximum Gasteiger partial charge on any atom is 0.416 e. The molecule has 0 amide bonds. The summed E-state index contributed by atoms with van der Waals surface area (Å²) < 4.78 is 38.5. The highest BCUT2D eigenvalue weighted by Crippen LogP contribution is 2.33. The molecule has 0 aliphatic heterocycles. The Morgan fingerprint density at radius 3 is 2.68 bits per heavy atom. The van der Waals surface area contributed by atoms with Gasteiger partial charge in [0.2, 0.25) is 0 Å². The molecule has 104 valence electrons. The van der Waals surface area contributed by atoms with Crippen LogP contribution >= 0.6 is 11.3 Å². The van der Waals surface area contributed by atoms with Gasteiger partial charge in [0.15, 0.2) is 5.13 Å². The fourth-order valence-electron chi connectivity index (χ4n) is 1.65. The van der Waals surface area contributed by atoms with Crippen LogP contribution in [0.15, 0.2) is 18.2 Å². The summed E-state index contributed by atoms with van der Waals surface area (Å²) in [5.41, 5.74) is -0.258. The van der Waals surface area contributed by atoms with Crippen molar-refractivity contribution in [1.29, 1.82) is 0 Å². The second-order valence-corrected chi connectivity index (χ2v) is 5.84. The maximum absolute atomic E-state index is 12.6. The van der Waals surface area contributed by atoms with Crippen LogP contribution in [0, 0.1) is 5.92 Å². The average molecular weight is 288 g/mol. The van der Waals surface area contributed by atoms with Crippen LogP contribution in [-0.2, 0) is 6.18 Å². The van der Waals surface area contributed by atoms with E-state index in [9.17, 15) is 13.2 Å². The number of alkyl halides is 3. The van der Waals surface area contributed by atoms with Crippen LogP contribution in [0.25, 0.3) is 10.2 Å². The fourth-order valence-corrected chi connectivity index (χ4v) is 2.52. The lowest BCUT2D eigenvalue weighted by Crippen LogP contribution is -2.04. The first-order valence-electron chi connectivity index (χ1n) is 6.08. The summed E-state index contributed by atoms with van der Waals surface area (Å²) in [5.74, 6) is 0.582. The Kier molecular flexibility index (Phi) is 3.99. The van der Waals surface area contributed by atoms with Crippen molar-refractivity contribution in [2.24, 2.45) is 5.92 Å². The average Bonchev–Trinajstić information content (AvgIpc) is 2.68. The van der Waals surface area contributed by atoms with Gasteiger partial charge < -0.3 is 5.32 Å². The molecular formula is C13H15F3N2S. The van der Waals surface area contributed by atoms with E-state index in [0.29, 0.717) is 16.6 Å². The first-order chi connectivity index (χ1) is 8.86. The summed E-state index contributed by atoms with van der Waals surface area (Å²) in [6, 6.07) is 3.67. The zero-order valence-electron chi connectivity index (χ0n) is 10.7. The van der Waals surface area contributed by atoms with Gasteiger partial charge in [0.05, 0.1) is 15.8 Å². The number of hydrogen-bond acceptors (Lipinski definition) is 3. The van der Waals surface area contributed by atoms with Crippen LogP contribution in [0.3, 0.4) is 0 Å². The van der Waals surface area contributed by atoms with Gasteiger partial charge in [-0.2, -0.15) is 13.2 Å². The van der Waals surface area contributed by atoms with Gasteiger partial charge >= 0.3 is 6.18 Å². The van der Waals surface area contributed by atoms with Crippen LogP contribution in [-0.4, -0.2) is 11.5 Å². The highest BCUT2D eigenvalue weighted by Gasteiger charge is 2.30. The van der Waals surface area contributed by atoms with Crippen molar-refractivity contribution in [3.05, 3.63) is 23.8 Å². The van der Waals surface area contributed by atoms with E-state index < -0.39 is 11.7 Å². The highest BCUT2D eigenvalue weighted by atomic mass is 32.1. The molecule has 0 fully saturated rings. The zero-order chi connectivity index (χ0) is 14.0. The molecule has 2 aromatic rings. The lowest BCUT2D eigenvalue weighted by Gasteiger charge is -2.05. The van der Waals surface area contributed by atoms with Crippen molar-refractivity contribution in [2.45, 2.75) is 26.4 Å². The summed E-state index contributed by atoms with van der Waals surface area (Å²) >= 11 is 1.38. The monoisotopic (exact) mass is 288 g/mol. The predicted octanol–water partition coefficient (Wildman–Crippen LogP) is 4.77. The Hall–Kier alpha value is -1.30. The molecule has 0 aliphatic rings. The fraction of sp³-hybridized carbons (Fsp3) is 0.462. The molecule has 0 spiro atoms. The Morgan fingerprint density at radius 1 is 1.32 bits per heavy atom. The largest absolute Gasteiger partial charge is 0.416 e. The molecule has 1 aromatic carbocycles. The minimum absolute atomic E-state index is 0.395. The van der Waals surface area contributed by atoms with Crippen molar-refractivity contribution < 1.29 is 13.2 Å². The minimum atomic E-state index is -4.32. The van der Waals surface area contributed by atoms with Gasteiger partial charge in [0.1, 0.15) is 0 Å². The predicted molar refractivity (Wildman–Crippen MR) is 72.6 cm³/mol. The van der Waals surface area contributed by atoms with Crippen LogP contribution in [0.4, 0.5) is 18.3 Å². The number of hydrogen-bond donors (Lipinski definition) is 1. The SMILES string of the molecule is CC(C)CCNc1nc2cc(C(F)(F)F)ccc2s1. The molecule has 19 heavy (non-hydrogen) atoms. The van der Waals surface area contributed by atoms with Gasteiger partial charge in [-0.25, -0.2) is 4.98 Å². The Morgan fingerprint density at radius 2 is 2.05 bits per heavy atom. The molecule has 2 rings (SSSR count). The first-order valence-corrected chi connectivity index (χ1v) is 6.89. The number of halogens is 3. The Labute approximate surface area is 113 Å². The number of nitrogens with one attached hydrogen (secondary N) is 1. The molecule has 0 saturated carbocycles. The van der Waals surface area contributed by atoms with Gasteiger partial charge in [0.25, 0.3) is 0 Å². The third kappa shape index (κ3) is 3.59. The van der Waals surface area contributed by atoms with E-state index in [0.717, 1.165) is 29.8 Å². The molecule has 2 nitrogen and oxygen atoms in total. The van der Waals surface area contributed by atoms with Gasteiger partial charge in [-0.15, -0.1) is 0 Å². The van der Waals surface area contributed by atoms with Crippen molar-refractivity contribution in [3.63, 3.8) is 0 Å². The number of benzene rings is 1. The van der Waals surface area contributed by atoms with Crippen molar-refractivity contribution in [1.82, 2.24) is 4.98 Å². The van der Waals surface area contributed by atoms with E-state index in [2.05, 4.69) is 24.1 Å². The maximum atomic E-state index is 12.6. The number of anilines is 1. The quantitative estimate of drug-likeness (QED) is 0.876. The molecule has 0 aliphatic carbocycles. The van der Waals surface area contributed by atoms with E-state index in [1.807, 2.05) is 0 Å². The molecule has 0 unspecified atom stereocenters. The molecular weight excluding hydrogens is 273 g/mol. The topological polar surface area (TPSA) is 24.9 Å². The van der Waals surface area contributed by atoms with E-state index in [1.54, 1.807) is 0 Å². The highest BCUT2D eigenvalue weighted by molar-refractivity contribution is 7.22. The van der Waals surface area contributed by atoms with Gasteiger partial charge in [-0.3, -0.25) is 0 Å². The van der Waals surface area contributed by atoms with E-state index in [-0.39, 0.29) is 0 Å². The number of fused-ring (bicyclic) bond motifs is 1. The Balaban J connectivity index is 2.16. The van der Waals surface area contributed by atoms with Crippen LogP contribution < -0.4 is 5.32 Å². The van der Waals surface area contributed by atoms with Crippen molar-refractivity contribution in [2.75, 3.05) is 11.9 Å². The molecule has 0 bridgehead atoms. The standard InChI is InChI=1S/C13H15F3N2S/c1-8(2)5-6-17-12-18-10-7-9(13(14,15)16)3-4-11(10)19-12/h3-4,7-8H,5-6H2,1-2H3,(H,17,18). The summed E-state index contributed by atoms with van der Waals surface area (Å²) in [6.45, 7) is 5.02. The second kappa shape index (κ2) is 5.36. The van der Waals surface area contributed by atoms with Crippen LogP contribution in [0.1, 0.15) is 25.8 Å². The molecule has 1 aromatic heterocycles. The van der Waals surface area contributed by atoms with E-state index >= 15 is 0 Å². The van der Waals surface area contributed by atoms with Crippen LogP contribution in [0.5, 0.6) is 0 Å². The summed E-state index contributed by atoms with van der Waals surface area (Å²) in [4.78, 5) is 4.19. The van der Waals surface area contributed by atoms with Gasteiger partial charge in [0, 0.05) is 6.54 Å². The van der Waals surface area contributed by atoms with Crippen molar-refractivity contribution >= 4 is 26.7 Å². The smallest absolute Gasteiger partial charge is 0.361 e. The lowest BCUT2D eigenvalue weighted by molar-refractivity contribution is -0.137. The third-order valence-electron chi connectivity index (χ3n) is 2.71. The molecule has 1 N–H and O–H groups in total. The summed E-state index contributed by atoms with van der Waals surface area (Å²) in [5, 5.41) is 3.83. The molecule has 0 saturated heterocycles. The molecule has 0 radical (unpaired) electrons.